The molecule has 45 heavy (non-hydrogen) atoms. The van der Waals surface area contributed by atoms with E-state index in [1.54, 1.807) is 6.92 Å². The van der Waals surface area contributed by atoms with E-state index in [4.69, 9.17) is 9.97 Å². The summed E-state index contributed by atoms with van der Waals surface area (Å²) >= 11 is 0. The topological polar surface area (TPSA) is 135 Å². The highest BCUT2D eigenvalue weighted by Crippen LogP contribution is 2.47. The molecule has 8 nitrogen and oxygen atoms in total. The molecule has 3 atom stereocenters. The summed E-state index contributed by atoms with van der Waals surface area (Å²) in [4.78, 5) is 29.4. The van der Waals surface area contributed by atoms with Gasteiger partial charge in [-0.15, -0.1) is 0 Å². The van der Waals surface area contributed by atoms with Crippen LogP contribution in [-0.2, 0) is 11.2 Å². The minimum absolute atomic E-state index is 0.0213. The maximum atomic E-state index is 11.7. The summed E-state index contributed by atoms with van der Waals surface area (Å²) in [5.74, 6) is -0.330. The molecule has 5 heterocycles. The molecule has 0 amide bonds. The molecule has 2 aromatic heterocycles. The molecule has 0 unspecified atom stereocenters. The largest absolute Gasteiger partial charge is 0.507 e. The number of aliphatic hydroxyl groups excluding tert-OH is 2. The Morgan fingerprint density at radius 2 is 1.73 bits per heavy atom. The average Bonchev–Trinajstić information content (AvgIpc) is 3.73. The number of carboxylic acids is 1. The second-order valence-corrected chi connectivity index (χ2v) is 13.4. The number of H-pyrrole nitrogens is 2. The third kappa shape index (κ3) is 4.99. The van der Waals surface area contributed by atoms with Gasteiger partial charge in [-0.2, -0.15) is 0 Å². The summed E-state index contributed by atoms with van der Waals surface area (Å²) in [5.41, 5.74) is 14.5. The van der Waals surface area contributed by atoms with Gasteiger partial charge in [0.25, 0.3) is 0 Å². The molecule has 5 N–H and O–H groups in total. The van der Waals surface area contributed by atoms with Gasteiger partial charge in [0, 0.05) is 51.9 Å². The second kappa shape index (κ2) is 11.3. The molecule has 6 rings (SSSR count). The monoisotopic (exact) mass is 608 g/mol. The number of carbonyl (C=O) groups is 1. The van der Waals surface area contributed by atoms with Gasteiger partial charge in [-0.25, -0.2) is 9.97 Å². The molecule has 0 spiro atoms. The van der Waals surface area contributed by atoms with E-state index in [1.165, 1.54) is 5.57 Å². The molecule has 0 saturated carbocycles. The van der Waals surface area contributed by atoms with Crippen molar-refractivity contribution in [3.05, 3.63) is 68.6 Å². The van der Waals surface area contributed by atoms with Gasteiger partial charge in [-0.05, 0) is 98.9 Å². The zero-order valence-electron chi connectivity index (χ0n) is 27.5. The highest BCUT2D eigenvalue weighted by molar-refractivity contribution is 6.02. The molecule has 0 aromatic carbocycles. The van der Waals surface area contributed by atoms with Crippen molar-refractivity contribution in [3.8, 4) is 0 Å². The Hall–Kier alpha value is -4.17. The highest BCUT2D eigenvalue weighted by atomic mass is 16.4. The van der Waals surface area contributed by atoms with Gasteiger partial charge in [0.15, 0.2) is 0 Å². The fourth-order valence-electron chi connectivity index (χ4n) is 7.74. The van der Waals surface area contributed by atoms with Crippen LogP contribution in [-0.4, -0.2) is 47.3 Å². The number of aliphatic hydroxyl groups is 2. The van der Waals surface area contributed by atoms with Crippen LogP contribution >= 0.6 is 0 Å². The molecule has 4 aliphatic rings. The van der Waals surface area contributed by atoms with Crippen molar-refractivity contribution in [2.24, 2.45) is 5.92 Å². The Kier molecular flexibility index (Phi) is 7.76. The number of aryl methyl sites for hydroxylation is 1. The number of aromatic amines is 2. The van der Waals surface area contributed by atoms with E-state index in [0.717, 1.165) is 84.9 Å². The van der Waals surface area contributed by atoms with E-state index in [2.05, 4.69) is 50.7 Å². The molecule has 3 aliphatic heterocycles. The fraction of sp³-hybridized carbons (Fsp3) is 0.432. The number of allylic oxidation sites excluding steroid dienone is 3. The number of aliphatic carboxylic acids is 1. The van der Waals surface area contributed by atoms with Crippen LogP contribution in [0.2, 0.25) is 0 Å². The Labute approximate surface area is 264 Å². The lowest BCUT2D eigenvalue weighted by molar-refractivity contribution is -0.137. The van der Waals surface area contributed by atoms with E-state index in [1.807, 2.05) is 26.0 Å². The third-order valence-corrected chi connectivity index (χ3v) is 9.95. The van der Waals surface area contributed by atoms with Gasteiger partial charge in [-0.1, -0.05) is 27.7 Å². The summed E-state index contributed by atoms with van der Waals surface area (Å²) < 4.78 is 0. The van der Waals surface area contributed by atoms with Crippen molar-refractivity contribution in [1.29, 1.82) is 0 Å². The second-order valence-electron chi connectivity index (χ2n) is 13.4. The smallest absolute Gasteiger partial charge is 0.303 e. The Morgan fingerprint density at radius 3 is 2.38 bits per heavy atom. The fourth-order valence-corrected chi connectivity index (χ4v) is 7.74. The molecule has 236 valence electrons. The Morgan fingerprint density at radius 1 is 1.00 bits per heavy atom. The van der Waals surface area contributed by atoms with Gasteiger partial charge in [-0.3, -0.25) is 4.79 Å². The maximum Gasteiger partial charge on any atom is 0.303 e. The first-order chi connectivity index (χ1) is 21.3. The van der Waals surface area contributed by atoms with Crippen LogP contribution in [0, 0.1) is 12.8 Å². The molecule has 1 aliphatic carbocycles. The lowest BCUT2D eigenvalue weighted by Gasteiger charge is -2.17. The molecule has 0 fully saturated rings. The molecule has 8 heteroatoms. The molecule has 0 saturated heterocycles. The van der Waals surface area contributed by atoms with Crippen molar-refractivity contribution in [2.75, 3.05) is 0 Å². The predicted molar refractivity (Wildman–Crippen MR) is 181 cm³/mol. The number of rotatable bonds is 7. The van der Waals surface area contributed by atoms with Crippen LogP contribution < -0.4 is 0 Å². The SMILES string of the molecule is CCc1c2c3[nH]c1cc1nc(cc4nc(c(C)c5[nH]c(c3C=C2O)[C@@H](CCC(=O)O)[C@@H]5C)C(C)=C4[C@@H](C)O)C(C)=C1CC(C)C. The maximum absolute atomic E-state index is 11.7. The summed E-state index contributed by atoms with van der Waals surface area (Å²) in [6, 6.07) is 4.11. The molecular weight excluding hydrogens is 564 g/mol. The zero-order valence-corrected chi connectivity index (χ0v) is 27.5. The van der Waals surface area contributed by atoms with Crippen molar-refractivity contribution >= 4 is 51.1 Å². The summed E-state index contributed by atoms with van der Waals surface area (Å²) in [5, 5.41) is 31.9. The number of nitrogens with zero attached hydrogens (tertiary/aromatic N) is 2. The first-order valence-corrected chi connectivity index (χ1v) is 16.1. The van der Waals surface area contributed by atoms with Crippen LogP contribution in [0.4, 0.5) is 0 Å². The average molecular weight is 609 g/mol. The van der Waals surface area contributed by atoms with Gasteiger partial charge >= 0.3 is 5.97 Å². The van der Waals surface area contributed by atoms with Gasteiger partial charge < -0.3 is 25.3 Å². The lowest BCUT2D eigenvalue weighted by atomic mass is 9.84. The summed E-state index contributed by atoms with van der Waals surface area (Å²) in [6.45, 7) is 16.6. The van der Waals surface area contributed by atoms with E-state index in [-0.39, 0.29) is 24.0 Å². The minimum atomic E-state index is -0.834. The molecular formula is C37H44N4O4. The van der Waals surface area contributed by atoms with E-state index < -0.39 is 12.1 Å². The normalized spacial score (nSPS) is 19.0. The molecule has 2 aromatic rings. The van der Waals surface area contributed by atoms with Gasteiger partial charge in [0.2, 0.25) is 0 Å². The van der Waals surface area contributed by atoms with Crippen LogP contribution in [0.15, 0.2) is 12.1 Å². The van der Waals surface area contributed by atoms with E-state index >= 15 is 0 Å². The Balaban J connectivity index is 1.79. The molecule has 0 radical (unpaired) electrons. The van der Waals surface area contributed by atoms with Crippen LogP contribution in [0.3, 0.4) is 0 Å². The number of fused-ring (bicyclic) bond motifs is 8. The van der Waals surface area contributed by atoms with Crippen molar-refractivity contribution in [3.63, 3.8) is 0 Å². The van der Waals surface area contributed by atoms with Crippen LogP contribution in [0.25, 0.3) is 45.2 Å². The van der Waals surface area contributed by atoms with Gasteiger partial charge in [0.05, 0.1) is 34.4 Å². The van der Waals surface area contributed by atoms with Crippen molar-refractivity contribution < 1.29 is 20.1 Å². The van der Waals surface area contributed by atoms with Crippen LogP contribution in [0.1, 0.15) is 136 Å². The zero-order chi connectivity index (χ0) is 32.5. The highest BCUT2D eigenvalue weighted by Gasteiger charge is 2.35. The summed E-state index contributed by atoms with van der Waals surface area (Å²) in [7, 11) is 0. The Bertz CT molecular complexity index is 1920. The third-order valence-electron chi connectivity index (χ3n) is 9.95. The van der Waals surface area contributed by atoms with Gasteiger partial charge in [0.1, 0.15) is 5.76 Å². The van der Waals surface area contributed by atoms with E-state index in [9.17, 15) is 20.1 Å². The van der Waals surface area contributed by atoms with Crippen molar-refractivity contribution in [1.82, 2.24) is 19.9 Å². The van der Waals surface area contributed by atoms with Crippen molar-refractivity contribution in [2.45, 2.75) is 99.0 Å². The first-order valence-electron chi connectivity index (χ1n) is 16.1. The lowest BCUT2D eigenvalue weighted by Crippen LogP contribution is -2.07. The summed E-state index contributed by atoms with van der Waals surface area (Å²) in [6.07, 6.45) is 3.15. The first kappa shape index (κ1) is 30.8. The van der Waals surface area contributed by atoms with E-state index in [0.29, 0.717) is 24.5 Å². The predicted octanol–water partition coefficient (Wildman–Crippen LogP) is 8.32. The number of carboxylic acid groups (broad SMARTS) is 1. The molecule has 8 bridgehead atoms. The number of hydrogen-bond donors (Lipinski definition) is 5. The van der Waals surface area contributed by atoms with Crippen LogP contribution in [0.5, 0.6) is 0 Å². The number of nitrogens with one attached hydrogen (secondary N) is 2. The number of aromatic nitrogens is 4. The minimum Gasteiger partial charge on any atom is -0.507 e. The quantitative estimate of drug-likeness (QED) is 0.215. The number of hydrogen-bond acceptors (Lipinski definition) is 5. The standard InChI is InChI=1S/C37H44N4O4/c1-9-22-27-15-28-24(12-16(2)3)17(4)26(38-28)14-29-32(21(8)42)19(6)35(40-29)20(7)34-18(5)23(10-11-31(44)45)36(41-34)25-13-30(43)33(22)37(25)39-27/h13-16,18,21,23,39,41-43H,9-12H2,1-8H3,(H,44,45)/t18-,21+,23-/m0/s1.